The lowest BCUT2D eigenvalue weighted by molar-refractivity contribution is -0.346. The van der Waals surface area contributed by atoms with Crippen molar-refractivity contribution in [2.24, 2.45) is 16.7 Å². The predicted molar refractivity (Wildman–Crippen MR) is 275 cm³/mol. The number of aliphatic hydroxyl groups is 5. The lowest BCUT2D eigenvalue weighted by Gasteiger charge is -2.67. The van der Waals surface area contributed by atoms with Crippen LogP contribution in [0, 0.1) is 16.7 Å². The van der Waals surface area contributed by atoms with E-state index in [1.54, 1.807) is 54.6 Å². The van der Waals surface area contributed by atoms with Crippen LogP contribution in [0.5, 0.6) is 0 Å². The van der Waals surface area contributed by atoms with Gasteiger partial charge in [-0.2, -0.15) is 0 Å². The highest BCUT2D eigenvalue weighted by Crippen LogP contribution is 2.64. The van der Waals surface area contributed by atoms with Gasteiger partial charge in [0.25, 0.3) is 5.91 Å². The van der Waals surface area contributed by atoms with Crippen molar-refractivity contribution < 1.29 is 107 Å². The van der Waals surface area contributed by atoms with E-state index in [0.717, 1.165) is 21.0 Å². The minimum atomic E-state index is -2.56. The molecule has 3 aromatic carbocycles. The number of rotatable bonds is 17. The average Bonchev–Trinajstić information content (AvgIpc) is 3.63. The summed E-state index contributed by atoms with van der Waals surface area (Å²) in [6.45, 7) is 6.83. The fourth-order valence-electron chi connectivity index (χ4n) is 12.3. The Kier molecular flexibility index (Phi) is 17.7. The quantitative estimate of drug-likeness (QED) is 0.0640. The third-order valence-corrected chi connectivity index (χ3v) is 16.6. The molecule has 2 saturated carbocycles. The maximum absolute atomic E-state index is 15.8. The molecule has 5 aliphatic rings. The number of ketones is 1. The van der Waals surface area contributed by atoms with E-state index < -0.39 is 181 Å². The summed E-state index contributed by atoms with van der Waals surface area (Å²) in [7, 11) is 1.16. The first-order valence-corrected chi connectivity index (χ1v) is 26.4. The Morgan fingerprint density at radius 2 is 1.38 bits per heavy atom. The first-order valence-electron chi connectivity index (χ1n) is 26.4. The topological polar surface area (TPSA) is 333 Å². The van der Waals surface area contributed by atoms with Crippen molar-refractivity contribution in [3.8, 4) is 0 Å². The van der Waals surface area contributed by atoms with Crippen molar-refractivity contribution in [3.63, 3.8) is 0 Å². The Bertz CT molecular complexity index is 2900. The Labute approximate surface area is 465 Å². The van der Waals surface area contributed by atoms with E-state index in [0.29, 0.717) is 0 Å². The maximum Gasteiger partial charge on any atom is 0.350 e. The number of hydrogen-bond donors (Lipinski definition) is 6. The number of hydrogen-bond acceptors (Lipinski definition) is 22. The zero-order chi connectivity index (χ0) is 58.9. The van der Waals surface area contributed by atoms with Gasteiger partial charge in [-0.25, -0.2) is 9.59 Å². The molecule has 2 aliphatic heterocycles. The van der Waals surface area contributed by atoms with Gasteiger partial charge >= 0.3 is 35.8 Å². The van der Waals surface area contributed by atoms with Gasteiger partial charge in [-0.15, -0.1) is 0 Å². The first-order chi connectivity index (χ1) is 38.3. The number of benzene rings is 3. The van der Waals surface area contributed by atoms with Gasteiger partial charge in [-0.3, -0.25) is 28.8 Å². The Morgan fingerprint density at radius 3 is 1.95 bits per heavy atom. The Balaban J connectivity index is 1.23. The molecule has 2 bridgehead atoms. The van der Waals surface area contributed by atoms with Crippen LogP contribution in [0.15, 0.2) is 102 Å². The molecule has 2 saturated heterocycles. The number of fused-ring (bicyclic) bond motifs is 5. The molecule has 0 unspecified atom stereocenters. The summed E-state index contributed by atoms with van der Waals surface area (Å²) in [5, 5.41) is 59.9. The smallest absolute Gasteiger partial charge is 0.350 e. The second kappa shape index (κ2) is 23.9. The number of amides is 1. The van der Waals surface area contributed by atoms with Gasteiger partial charge in [-0.05, 0) is 54.8 Å². The van der Waals surface area contributed by atoms with Crippen LogP contribution in [-0.2, 0) is 71.4 Å². The Hall–Kier alpha value is -6.96. The molecule has 3 aliphatic carbocycles. The van der Waals surface area contributed by atoms with E-state index in [-0.39, 0.29) is 34.3 Å². The number of methoxy groups -OCH3 is 1. The van der Waals surface area contributed by atoms with Gasteiger partial charge in [0.1, 0.15) is 48.3 Å². The molecular formula is C58H67NO22. The molecule has 1 amide bonds. The van der Waals surface area contributed by atoms with Crippen LogP contribution < -0.4 is 5.32 Å². The van der Waals surface area contributed by atoms with Crippen LogP contribution in [0.25, 0.3) is 0 Å². The summed E-state index contributed by atoms with van der Waals surface area (Å²) < 4.78 is 52.7. The third kappa shape index (κ3) is 11.2. The number of ether oxygens (including phenoxy) is 9. The van der Waals surface area contributed by atoms with E-state index in [4.69, 9.17) is 42.6 Å². The zero-order valence-electron chi connectivity index (χ0n) is 45.6. The summed E-state index contributed by atoms with van der Waals surface area (Å²) in [6, 6.07) is 21.7. The molecule has 0 aromatic heterocycles. The number of carbonyl (C=O) groups is 8. The minimum absolute atomic E-state index is 0.00556. The fraction of sp³-hybridized carbons (Fsp3) is 0.517. The highest BCUT2D eigenvalue weighted by molar-refractivity contribution is 5.96. The molecule has 8 rings (SSSR count). The molecule has 436 valence electrons. The summed E-state index contributed by atoms with van der Waals surface area (Å²) in [5.74, 6) is -9.93. The third-order valence-electron chi connectivity index (χ3n) is 16.6. The maximum atomic E-state index is 15.8. The van der Waals surface area contributed by atoms with Gasteiger partial charge < -0.3 is 73.5 Å². The predicted octanol–water partition coefficient (Wildman–Crippen LogP) is 2.06. The van der Waals surface area contributed by atoms with Gasteiger partial charge in [0.05, 0.1) is 49.1 Å². The van der Waals surface area contributed by atoms with Gasteiger partial charge in [-0.1, -0.05) is 80.6 Å². The summed E-state index contributed by atoms with van der Waals surface area (Å²) in [4.78, 5) is 114. The van der Waals surface area contributed by atoms with Crippen molar-refractivity contribution in [1.82, 2.24) is 5.32 Å². The fourth-order valence-corrected chi connectivity index (χ4v) is 12.3. The SMILES string of the molecule is CO[C@H]1O[C@H](CO)[C@@H](O)[C@H](O)[C@H]1OC(=O)CCC(=O)O[C@@H](C(=O)O[C@H]1C[C@@]2(O)[C@@H](OC(=O)c3ccccc3)[C@@H]3[C@]4(OC(C)=O)CO[C@@H]4C[C@H](O)[C@@]3(C)C(=O)[C@H](OC(C)=O)C(=C1C)C2(C)C)[C@@H](NC(=O)c1ccccc1)c1ccccc1. The monoisotopic (exact) mass is 1130 g/mol. The van der Waals surface area contributed by atoms with Crippen molar-refractivity contribution >= 4 is 47.5 Å². The summed E-state index contributed by atoms with van der Waals surface area (Å²) in [5.41, 5.74) is -8.20. The van der Waals surface area contributed by atoms with Crippen molar-refractivity contribution in [2.45, 2.75) is 152 Å². The number of carbonyl (C=O) groups excluding carboxylic acids is 8. The highest BCUT2D eigenvalue weighted by Gasteiger charge is 2.78. The Morgan fingerprint density at radius 1 is 0.778 bits per heavy atom. The molecule has 4 fully saturated rings. The number of nitrogens with one attached hydrogen (secondary N) is 1. The van der Waals surface area contributed by atoms with E-state index in [9.17, 15) is 54.3 Å². The molecule has 23 heteroatoms. The largest absolute Gasteiger partial charge is 0.455 e. The molecule has 0 radical (unpaired) electrons. The van der Waals surface area contributed by atoms with Crippen molar-refractivity contribution in [1.29, 1.82) is 0 Å². The van der Waals surface area contributed by atoms with Gasteiger partial charge in [0.15, 0.2) is 29.9 Å². The van der Waals surface area contributed by atoms with Gasteiger partial charge in [0.2, 0.25) is 6.10 Å². The first kappa shape index (κ1) is 60.1. The van der Waals surface area contributed by atoms with Crippen molar-refractivity contribution in [3.05, 3.63) is 119 Å². The van der Waals surface area contributed by atoms with Crippen LogP contribution in [0.1, 0.15) is 99.5 Å². The number of aliphatic hydroxyl groups excluding tert-OH is 4. The molecular weight excluding hydrogens is 1060 g/mol. The van der Waals surface area contributed by atoms with Crippen LogP contribution in [0.3, 0.4) is 0 Å². The lowest BCUT2D eigenvalue weighted by atomic mass is 9.44. The number of esters is 6. The molecule has 23 nitrogen and oxygen atoms in total. The molecule has 2 heterocycles. The average molecular weight is 1130 g/mol. The van der Waals surface area contributed by atoms with E-state index in [1.165, 1.54) is 64.1 Å². The summed E-state index contributed by atoms with van der Waals surface area (Å²) >= 11 is 0. The lowest BCUT2D eigenvalue weighted by Crippen LogP contribution is -2.82. The summed E-state index contributed by atoms with van der Waals surface area (Å²) in [6.07, 6.45) is -21.0. The molecule has 0 spiro atoms. The zero-order valence-corrected chi connectivity index (χ0v) is 45.6. The van der Waals surface area contributed by atoms with Crippen LogP contribution in [-0.4, -0.2) is 172 Å². The standard InChI is InChI=1S/C58H67NO22/c1-29-35(26-58(72)50(80-52(70)34-21-15-10-16-22-34)48-56(6,37(63)25-38-57(48,28-74-38)81-31(3)62)49(68)45(75-30(2)61)41(29)55(58,4)5)76-53(71)46(42(32-17-11-8-12-18-32)59-51(69)33-19-13-9-14-20-33)78-39(64)23-24-40(65)79-47-44(67)43(66)36(27-60)77-54(47)73-7/h8-22,35-38,42-48,50,54,60,63,66-67,72H,23-28H2,1-7H3,(H,59,69)/t35-,36+,37-,38+,42-,43+,44-,45+,46+,47+,48-,50-,54-,56+,57-,58+/m0/s1. The second-order valence-electron chi connectivity index (χ2n) is 21.7. The van der Waals surface area contributed by atoms with Crippen molar-refractivity contribution in [2.75, 3.05) is 20.3 Å². The normalized spacial score (nSPS) is 32.7. The highest BCUT2D eigenvalue weighted by atomic mass is 16.7. The van der Waals surface area contributed by atoms with E-state index >= 15 is 9.59 Å². The molecule has 3 aromatic rings. The van der Waals surface area contributed by atoms with Crippen LogP contribution in [0.2, 0.25) is 0 Å². The molecule has 6 N–H and O–H groups in total. The molecule has 81 heavy (non-hydrogen) atoms. The van der Waals surface area contributed by atoms with Crippen LogP contribution in [0.4, 0.5) is 0 Å². The number of Topliss-reactive ketones (excluding diaryl/α,β-unsaturated/α-hetero) is 1. The minimum Gasteiger partial charge on any atom is -0.455 e. The van der Waals surface area contributed by atoms with E-state index in [2.05, 4.69) is 5.32 Å². The molecule has 16 atom stereocenters. The van der Waals surface area contributed by atoms with Crippen LogP contribution >= 0.6 is 0 Å². The van der Waals surface area contributed by atoms with E-state index in [1.807, 2.05) is 0 Å². The second-order valence-corrected chi connectivity index (χ2v) is 21.7. The van der Waals surface area contributed by atoms with Gasteiger partial charge in [0, 0.05) is 44.8 Å².